The van der Waals surface area contributed by atoms with Crippen LogP contribution in [-0.4, -0.2) is 33.0 Å². The summed E-state index contributed by atoms with van der Waals surface area (Å²) < 4.78 is 28.3. The van der Waals surface area contributed by atoms with Crippen molar-refractivity contribution in [2.75, 3.05) is 13.3 Å². The van der Waals surface area contributed by atoms with Crippen molar-refractivity contribution >= 4 is 21.8 Å². The molecule has 1 fully saturated rings. The van der Waals surface area contributed by atoms with E-state index in [0.717, 1.165) is 30.4 Å². The van der Waals surface area contributed by atoms with Crippen molar-refractivity contribution in [3.8, 4) is 0 Å². The van der Waals surface area contributed by atoms with E-state index in [4.69, 9.17) is 0 Å². The summed E-state index contributed by atoms with van der Waals surface area (Å²) in [6.07, 6.45) is 5.17. The Morgan fingerprint density at radius 2 is 2.10 bits per heavy atom. The number of hydrogen-bond donors (Lipinski definition) is 2. The van der Waals surface area contributed by atoms with Crippen LogP contribution in [0.5, 0.6) is 0 Å². The Labute approximate surface area is 132 Å². The molecule has 2 rings (SSSR count). The molecule has 1 saturated carbocycles. The van der Waals surface area contributed by atoms with Crippen LogP contribution < -0.4 is 10.0 Å². The highest BCUT2D eigenvalue weighted by Gasteiger charge is 2.31. The van der Waals surface area contributed by atoms with Crippen LogP contribution in [0.1, 0.15) is 30.4 Å². The molecule has 0 heterocycles. The zero-order valence-corrected chi connectivity index (χ0v) is 14.5. The molecule has 4 nitrogen and oxygen atoms in total. The van der Waals surface area contributed by atoms with Crippen molar-refractivity contribution in [1.29, 1.82) is 0 Å². The molecular weight excluding hydrogens is 304 g/mol. The van der Waals surface area contributed by atoms with Gasteiger partial charge in [-0.3, -0.25) is 0 Å². The Hall–Kier alpha value is -0.560. The number of hydrogen-bond acceptors (Lipinski definition) is 4. The fraction of sp³-hybridized carbons (Fsp3) is 0.600. The molecule has 1 aromatic carbocycles. The maximum atomic E-state index is 12.7. The summed E-state index contributed by atoms with van der Waals surface area (Å²) in [4.78, 5) is 0.405. The molecule has 0 amide bonds. The molecule has 1 aromatic rings. The minimum absolute atomic E-state index is 0.0531. The van der Waals surface area contributed by atoms with Crippen LogP contribution in [0.15, 0.2) is 23.1 Å². The minimum atomic E-state index is -3.45. The molecule has 2 atom stereocenters. The molecule has 1 aliphatic rings. The van der Waals surface area contributed by atoms with Gasteiger partial charge in [-0.15, -0.1) is 0 Å². The topological polar surface area (TPSA) is 58.2 Å². The van der Waals surface area contributed by atoms with Crippen LogP contribution in [0.2, 0.25) is 0 Å². The average molecular weight is 329 g/mol. The molecule has 6 heteroatoms. The number of rotatable bonds is 6. The molecule has 2 N–H and O–H groups in total. The van der Waals surface area contributed by atoms with Crippen molar-refractivity contribution in [3.05, 3.63) is 29.3 Å². The molecule has 118 valence electrons. The van der Waals surface area contributed by atoms with E-state index in [9.17, 15) is 8.42 Å². The maximum absolute atomic E-state index is 12.7. The van der Waals surface area contributed by atoms with Crippen molar-refractivity contribution in [2.45, 2.75) is 48.9 Å². The van der Waals surface area contributed by atoms with Crippen LogP contribution in [0, 0.1) is 6.92 Å². The molecule has 0 spiro atoms. The second-order valence-electron chi connectivity index (χ2n) is 5.50. The normalized spacial score (nSPS) is 22.6. The van der Waals surface area contributed by atoms with Gasteiger partial charge in [-0.05, 0) is 50.3 Å². The predicted octanol–water partition coefficient (Wildman–Crippen LogP) is 2.28. The zero-order chi connectivity index (χ0) is 15.5. The first-order chi connectivity index (χ1) is 9.99. The molecular formula is C15H24N2O2S2. The third-order valence-electron chi connectivity index (χ3n) is 4.11. The zero-order valence-electron chi connectivity index (χ0n) is 12.8. The van der Waals surface area contributed by atoms with E-state index < -0.39 is 10.0 Å². The highest BCUT2D eigenvalue weighted by molar-refractivity contribution is 7.99. The van der Waals surface area contributed by atoms with E-state index in [1.807, 2.05) is 26.1 Å². The lowest BCUT2D eigenvalue weighted by molar-refractivity contribution is 0.554. The third kappa shape index (κ3) is 3.80. The summed E-state index contributed by atoms with van der Waals surface area (Å²) in [5, 5.41) is 3.46. The van der Waals surface area contributed by atoms with Gasteiger partial charge in [0, 0.05) is 17.8 Å². The predicted molar refractivity (Wildman–Crippen MR) is 89.2 cm³/mol. The quantitative estimate of drug-likeness (QED) is 0.841. The highest BCUT2D eigenvalue weighted by Crippen LogP contribution is 2.30. The van der Waals surface area contributed by atoms with Gasteiger partial charge >= 0.3 is 0 Å². The first-order valence-corrected chi connectivity index (χ1v) is 10.0. The van der Waals surface area contributed by atoms with E-state index in [0.29, 0.717) is 16.7 Å². The van der Waals surface area contributed by atoms with Crippen LogP contribution in [-0.2, 0) is 16.6 Å². The van der Waals surface area contributed by atoms with Gasteiger partial charge in [0.25, 0.3) is 0 Å². The molecule has 2 unspecified atom stereocenters. The van der Waals surface area contributed by atoms with E-state index >= 15 is 0 Å². The third-order valence-corrected chi connectivity index (χ3v) is 6.92. The van der Waals surface area contributed by atoms with Gasteiger partial charge in [-0.1, -0.05) is 18.6 Å². The van der Waals surface area contributed by atoms with E-state index in [1.54, 1.807) is 17.8 Å². The largest absolute Gasteiger partial charge is 0.316 e. The van der Waals surface area contributed by atoms with Crippen molar-refractivity contribution in [3.63, 3.8) is 0 Å². The minimum Gasteiger partial charge on any atom is -0.316 e. The fourth-order valence-corrected chi connectivity index (χ4v) is 5.56. The molecule has 0 radical (unpaired) electrons. The Kier molecular flexibility index (Phi) is 5.71. The Morgan fingerprint density at radius 3 is 2.76 bits per heavy atom. The summed E-state index contributed by atoms with van der Waals surface area (Å²) in [7, 11) is -1.59. The van der Waals surface area contributed by atoms with Crippen LogP contribution in [0.3, 0.4) is 0 Å². The number of thioether (sulfide) groups is 1. The fourth-order valence-electron chi connectivity index (χ4n) is 2.94. The van der Waals surface area contributed by atoms with Crippen molar-refractivity contribution in [2.24, 2.45) is 0 Å². The second kappa shape index (κ2) is 7.13. The molecule has 0 aliphatic heterocycles. The lowest BCUT2D eigenvalue weighted by Gasteiger charge is -2.20. The molecule has 0 saturated heterocycles. The summed E-state index contributed by atoms with van der Waals surface area (Å²) in [5.41, 5.74) is 1.85. The Morgan fingerprint density at radius 1 is 1.33 bits per heavy atom. The highest BCUT2D eigenvalue weighted by atomic mass is 32.2. The maximum Gasteiger partial charge on any atom is 0.241 e. The van der Waals surface area contributed by atoms with Gasteiger partial charge in [0.05, 0.1) is 4.90 Å². The van der Waals surface area contributed by atoms with Gasteiger partial charge < -0.3 is 5.32 Å². The van der Waals surface area contributed by atoms with E-state index in [-0.39, 0.29) is 6.04 Å². The van der Waals surface area contributed by atoms with Crippen LogP contribution >= 0.6 is 11.8 Å². The lowest BCUT2D eigenvalue weighted by atomic mass is 10.1. The van der Waals surface area contributed by atoms with Crippen LogP contribution in [0.4, 0.5) is 0 Å². The van der Waals surface area contributed by atoms with Gasteiger partial charge in [0.15, 0.2) is 0 Å². The SMILES string of the molecule is CNCc1cccc(S(=O)(=O)NC2CCCC2SC)c1C. The van der Waals surface area contributed by atoms with Gasteiger partial charge in [-0.2, -0.15) is 11.8 Å². The summed E-state index contributed by atoms with van der Waals surface area (Å²) in [6, 6.07) is 5.53. The lowest BCUT2D eigenvalue weighted by Crippen LogP contribution is -2.38. The molecule has 0 aromatic heterocycles. The number of sulfonamides is 1. The first kappa shape index (κ1) is 16.8. The van der Waals surface area contributed by atoms with E-state index in [1.165, 1.54) is 0 Å². The number of benzene rings is 1. The second-order valence-corrected chi connectivity index (χ2v) is 8.26. The summed E-state index contributed by atoms with van der Waals surface area (Å²) in [6.45, 7) is 2.55. The monoisotopic (exact) mass is 328 g/mol. The van der Waals surface area contributed by atoms with Crippen molar-refractivity contribution in [1.82, 2.24) is 10.0 Å². The molecule has 1 aliphatic carbocycles. The van der Waals surface area contributed by atoms with Gasteiger partial charge in [0.2, 0.25) is 10.0 Å². The number of nitrogens with one attached hydrogen (secondary N) is 2. The van der Waals surface area contributed by atoms with Gasteiger partial charge in [-0.25, -0.2) is 13.1 Å². The first-order valence-electron chi connectivity index (χ1n) is 7.28. The smallest absolute Gasteiger partial charge is 0.241 e. The summed E-state index contributed by atoms with van der Waals surface area (Å²) in [5.74, 6) is 0. The van der Waals surface area contributed by atoms with Crippen molar-refractivity contribution < 1.29 is 8.42 Å². The summed E-state index contributed by atoms with van der Waals surface area (Å²) >= 11 is 1.75. The molecule has 21 heavy (non-hydrogen) atoms. The Balaban J connectivity index is 2.25. The average Bonchev–Trinajstić information content (AvgIpc) is 2.87. The van der Waals surface area contributed by atoms with Gasteiger partial charge in [0.1, 0.15) is 0 Å². The molecule has 0 bridgehead atoms. The standard InChI is InChI=1S/C15H24N2O2S2/c1-11-12(10-16-2)6-4-9-15(11)21(18,19)17-13-7-5-8-14(13)20-3/h4,6,9,13-14,16-17H,5,7-8,10H2,1-3H3. The van der Waals surface area contributed by atoms with E-state index in [2.05, 4.69) is 16.3 Å². The Bertz CT molecular complexity index is 587. The van der Waals surface area contributed by atoms with Crippen LogP contribution in [0.25, 0.3) is 0 Å².